The molecule has 0 atom stereocenters. The number of aromatic nitrogens is 2. The monoisotopic (exact) mass is 292 g/mol. The molecule has 1 heterocycles. The van der Waals surface area contributed by atoms with Crippen LogP contribution < -0.4 is 22.8 Å². The number of hydrazine groups is 1. The number of H-pyrrole nitrogens is 1. The molecule has 20 heavy (non-hydrogen) atoms. The first-order valence-corrected chi connectivity index (χ1v) is 4.27. The van der Waals surface area contributed by atoms with E-state index >= 15 is 0 Å². The molecule has 0 radical (unpaired) electrons. The highest BCUT2D eigenvalue weighted by atomic mass is 16.6. The maximum atomic E-state index is 10.2. The van der Waals surface area contributed by atoms with Gasteiger partial charge in [-0.15, -0.1) is 5.10 Å². The lowest BCUT2D eigenvalue weighted by atomic mass is 10.7. The van der Waals surface area contributed by atoms with Gasteiger partial charge in [-0.2, -0.15) is 4.98 Å². The molecule has 8 N–H and O–H groups in total. The quantitative estimate of drug-likeness (QED) is 0.131. The molecule has 1 rings (SSSR count). The van der Waals surface area contributed by atoms with E-state index in [2.05, 4.69) is 15.9 Å². The smallest absolute Gasteiger partial charge is 0.389 e. The number of nitro groups is 3. The highest BCUT2D eigenvalue weighted by Gasteiger charge is 2.33. The first-order chi connectivity index (χ1) is 9.24. The highest BCUT2D eigenvalue weighted by Crippen LogP contribution is 2.25. The third-order valence-electron chi connectivity index (χ3n) is 1.47. The van der Waals surface area contributed by atoms with Crippen molar-refractivity contribution in [1.82, 2.24) is 15.4 Å². The van der Waals surface area contributed by atoms with Crippen molar-refractivity contribution in [2.45, 2.75) is 0 Å². The fourth-order valence-corrected chi connectivity index (χ4v) is 0.721. The van der Waals surface area contributed by atoms with E-state index in [0.717, 1.165) is 0 Å². The van der Waals surface area contributed by atoms with Crippen molar-refractivity contribution in [2.24, 2.45) is 22.5 Å². The molecule has 0 saturated heterocycles. The Balaban J connectivity index is 0.000000511. The van der Waals surface area contributed by atoms with Crippen LogP contribution in [0.3, 0.4) is 0 Å². The molecule has 16 heteroatoms. The van der Waals surface area contributed by atoms with Gasteiger partial charge in [-0.25, -0.2) is 5.84 Å². The first kappa shape index (κ1) is 16.4. The number of hydrogen-bond acceptors (Lipinski definition) is 10. The second kappa shape index (κ2) is 7.00. The summed E-state index contributed by atoms with van der Waals surface area (Å²) in [6, 6.07) is 0. The molecular formula is C4H8N10O6. The number of hydrogen-bond donors (Lipinski definition) is 5. The summed E-state index contributed by atoms with van der Waals surface area (Å²) < 4.78 is 0. The Kier molecular flexibility index (Phi) is 5.76. The predicted octanol–water partition coefficient (Wildman–Crippen LogP) is -2.23. The number of nitrogens with zero attached hydrogens (tertiary/aromatic N) is 5. The van der Waals surface area contributed by atoms with Crippen LogP contribution in [-0.4, -0.2) is 30.7 Å². The summed E-state index contributed by atoms with van der Waals surface area (Å²) in [4.78, 5) is 31.4. The Morgan fingerprint density at radius 1 is 1.20 bits per heavy atom. The topological polar surface area (TPSA) is 261 Å². The Labute approximate surface area is 108 Å². The van der Waals surface area contributed by atoms with Crippen LogP contribution in [0.5, 0.6) is 0 Å². The van der Waals surface area contributed by atoms with E-state index in [-0.39, 0.29) is 5.96 Å². The number of aromatic amines is 1. The summed E-state index contributed by atoms with van der Waals surface area (Å²) in [7, 11) is 0. The Hall–Kier alpha value is -3.56. The van der Waals surface area contributed by atoms with Crippen LogP contribution in [0.25, 0.3) is 0 Å². The van der Waals surface area contributed by atoms with Crippen LogP contribution in [0.2, 0.25) is 0 Å². The number of nitrogens with one attached hydrogen (secondary N) is 2. The van der Waals surface area contributed by atoms with Gasteiger partial charge in [0.1, 0.15) is 0 Å². The molecule has 110 valence electrons. The van der Waals surface area contributed by atoms with Gasteiger partial charge in [-0.05, 0) is 14.8 Å². The molecule has 0 unspecified atom stereocenters. The minimum atomic E-state index is -1.18. The van der Waals surface area contributed by atoms with Gasteiger partial charge in [0.2, 0.25) is 5.96 Å². The van der Waals surface area contributed by atoms with Crippen LogP contribution in [0, 0.1) is 30.3 Å². The Bertz CT molecular complexity index is 516. The molecule has 0 aliphatic heterocycles. The molecule has 0 spiro atoms. The highest BCUT2D eigenvalue weighted by molar-refractivity contribution is 5.76. The van der Waals surface area contributed by atoms with Gasteiger partial charge in [0.05, 0.1) is 4.98 Å². The van der Waals surface area contributed by atoms with Gasteiger partial charge in [-0.1, -0.05) is 0 Å². The van der Waals surface area contributed by atoms with Crippen LogP contribution in [-0.2, 0) is 0 Å². The first-order valence-electron chi connectivity index (χ1n) is 4.27. The molecule has 0 saturated carbocycles. The van der Waals surface area contributed by atoms with Crippen molar-refractivity contribution in [2.75, 3.05) is 0 Å². The Morgan fingerprint density at radius 3 is 1.95 bits per heavy atom. The molecular weight excluding hydrogens is 284 g/mol. The number of rotatable bonds is 3. The second-order valence-corrected chi connectivity index (χ2v) is 2.66. The van der Waals surface area contributed by atoms with Crippen LogP contribution in [0.15, 0.2) is 5.10 Å². The molecule has 0 bridgehead atoms. The minimum absolute atomic E-state index is 0.0231. The lowest BCUT2D eigenvalue weighted by Crippen LogP contribution is -2.37. The lowest BCUT2D eigenvalue weighted by molar-refractivity contribution is -0.427. The third-order valence-corrected chi connectivity index (χ3v) is 1.47. The Morgan fingerprint density at radius 2 is 1.75 bits per heavy atom. The zero-order chi connectivity index (χ0) is 15.9. The SMILES string of the molecule is NN=C(N)NN.O=[N+]([O-])c1nc([N+](=O)[O-])c([N+](=O)[O-])[nH]1. The lowest BCUT2D eigenvalue weighted by Gasteiger charge is -1.89. The van der Waals surface area contributed by atoms with E-state index in [0.29, 0.717) is 0 Å². The zero-order valence-corrected chi connectivity index (χ0v) is 9.42. The number of imidazole rings is 1. The van der Waals surface area contributed by atoms with E-state index in [4.69, 9.17) is 11.6 Å². The summed E-state index contributed by atoms with van der Waals surface area (Å²) in [6.45, 7) is 0. The van der Waals surface area contributed by atoms with Gasteiger partial charge in [0, 0.05) is 0 Å². The van der Waals surface area contributed by atoms with Crippen LogP contribution >= 0.6 is 0 Å². The van der Waals surface area contributed by atoms with E-state index in [1.807, 2.05) is 5.43 Å². The maximum Gasteiger partial charge on any atom is 0.504 e. The molecule has 0 aliphatic carbocycles. The van der Waals surface area contributed by atoms with E-state index < -0.39 is 32.4 Å². The van der Waals surface area contributed by atoms with E-state index in [1.54, 1.807) is 4.98 Å². The molecule has 0 aromatic carbocycles. The molecule has 0 aliphatic rings. The van der Waals surface area contributed by atoms with Crippen molar-refractivity contribution < 1.29 is 14.8 Å². The van der Waals surface area contributed by atoms with E-state index in [1.165, 1.54) is 0 Å². The van der Waals surface area contributed by atoms with Gasteiger partial charge in [0.25, 0.3) is 0 Å². The van der Waals surface area contributed by atoms with Crippen molar-refractivity contribution in [3.05, 3.63) is 30.3 Å². The van der Waals surface area contributed by atoms with Gasteiger partial charge < -0.3 is 41.9 Å². The van der Waals surface area contributed by atoms with Crippen molar-refractivity contribution >= 4 is 23.5 Å². The molecule has 0 fully saturated rings. The third kappa shape index (κ3) is 4.37. The fourth-order valence-electron chi connectivity index (χ4n) is 0.721. The molecule has 0 amide bonds. The normalized spacial score (nSPS) is 10.2. The van der Waals surface area contributed by atoms with Gasteiger partial charge in [0.15, 0.2) is 0 Å². The van der Waals surface area contributed by atoms with Crippen molar-refractivity contribution in [3.63, 3.8) is 0 Å². The summed E-state index contributed by atoms with van der Waals surface area (Å²) in [5, 5.41) is 33.4. The number of nitrogens with two attached hydrogens (primary N) is 3. The average molecular weight is 292 g/mol. The van der Waals surface area contributed by atoms with Gasteiger partial charge >= 0.3 is 17.6 Å². The summed E-state index contributed by atoms with van der Waals surface area (Å²) in [6.07, 6.45) is 0. The van der Waals surface area contributed by atoms with Crippen molar-refractivity contribution in [1.29, 1.82) is 0 Å². The minimum Gasteiger partial charge on any atom is -0.389 e. The van der Waals surface area contributed by atoms with Crippen molar-refractivity contribution in [3.8, 4) is 0 Å². The molecule has 16 nitrogen and oxygen atoms in total. The standard InChI is InChI=1S/C3HN5O6.CH7N5/c9-6(10)1-2(7(11)12)5-3(4-1)8(13)14;2-1(5-3)6-4/h(H,4,5);3-4H2,(H3,2,5,6). The van der Waals surface area contributed by atoms with Crippen LogP contribution in [0.4, 0.5) is 17.6 Å². The molecule has 1 aromatic rings. The fraction of sp³-hybridized carbons (Fsp3) is 0. The summed E-state index contributed by atoms with van der Waals surface area (Å²) in [5.41, 5.74) is 6.88. The number of hydrazone groups is 1. The summed E-state index contributed by atoms with van der Waals surface area (Å²) in [5.74, 6) is 6.00. The van der Waals surface area contributed by atoms with Gasteiger partial charge in [-0.3, -0.25) is 5.43 Å². The van der Waals surface area contributed by atoms with E-state index in [9.17, 15) is 30.3 Å². The maximum absolute atomic E-state index is 10.2. The predicted molar refractivity (Wildman–Crippen MR) is 61.7 cm³/mol. The largest absolute Gasteiger partial charge is 0.504 e. The molecule has 1 aromatic heterocycles. The summed E-state index contributed by atoms with van der Waals surface area (Å²) >= 11 is 0. The zero-order valence-electron chi connectivity index (χ0n) is 9.42. The average Bonchev–Trinajstić information content (AvgIpc) is 2.84. The van der Waals surface area contributed by atoms with Crippen LogP contribution in [0.1, 0.15) is 0 Å². The number of guanidine groups is 1. The second-order valence-electron chi connectivity index (χ2n) is 2.66.